The summed E-state index contributed by atoms with van der Waals surface area (Å²) in [5.41, 5.74) is 2.03. The van der Waals surface area contributed by atoms with Gasteiger partial charge in [0.15, 0.2) is 5.82 Å². The second-order valence-electron chi connectivity index (χ2n) is 4.41. The molecule has 0 saturated heterocycles. The second kappa shape index (κ2) is 5.11. The third-order valence-electron chi connectivity index (χ3n) is 3.07. The lowest BCUT2D eigenvalue weighted by Crippen LogP contribution is -1.96. The van der Waals surface area contributed by atoms with Gasteiger partial charge in [-0.3, -0.25) is 0 Å². The predicted molar refractivity (Wildman–Crippen MR) is 82.4 cm³/mol. The summed E-state index contributed by atoms with van der Waals surface area (Å²) in [6.07, 6.45) is 0. The van der Waals surface area contributed by atoms with Crippen LogP contribution < -0.4 is 0 Å². The first-order valence-corrected chi connectivity index (χ1v) is 7.12. The molecule has 0 amide bonds. The van der Waals surface area contributed by atoms with Gasteiger partial charge in [-0.05, 0) is 46.6 Å². The number of nitrogens with zero attached hydrogens (tertiary/aromatic N) is 2. The fourth-order valence-corrected chi connectivity index (χ4v) is 2.95. The summed E-state index contributed by atoms with van der Waals surface area (Å²) in [7, 11) is 0. The molecular formula is C15H9BrClFN2. The van der Waals surface area contributed by atoms with E-state index < -0.39 is 0 Å². The largest absolute Gasteiger partial charge is 0.227 e. The van der Waals surface area contributed by atoms with E-state index in [1.54, 1.807) is 18.2 Å². The van der Waals surface area contributed by atoms with Crippen LogP contribution in [0.1, 0.15) is 5.56 Å². The highest BCUT2D eigenvalue weighted by Crippen LogP contribution is 2.32. The van der Waals surface area contributed by atoms with Gasteiger partial charge in [0.2, 0.25) is 0 Å². The molecule has 0 aliphatic rings. The van der Waals surface area contributed by atoms with Gasteiger partial charge in [0.1, 0.15) is 11.0 Å². The Hall–Kier alpha value is -1.52. The van der Waals surface area contributed by atoms with Crippen molar-refractivity contribution in [1.82, 2.24) is 9.97 Å². The average Bonchev–Trinajstić information content (AvgIpc) is 2.43. The Labute approximate surface area is 128 Å². The lowest BCUT2D eigenvalue weighted by molar-refractivity contribution is 0.630. The van der Waals surface area contributed by atoms with Crippen molar-refractivity contribution in [2.24, 2.45) is 0 Å². The van der Waals surface area contributed by atoms with Gasteiger partial charge in [-0.1, -0.05) is 29.8 Å². The predicted octanol–water partition coefficient (Wildman–Crippen LogP) is 5.16. The topological polar surface area (TPSA) is 25.8 Å². The lowest BCUT2D eigenvalue weighted by Gasteiger charge is -2.08. The van der Waals surface area contributed by atoms with Crippen molar-refractivity contribution in [1.29, 1.82) is 0 Å². The number of hydrogen-bond donors (Lipinski definition) is 0. The monoisotopic (exact) mass is 350 g/mol. The lowest BCUT2D eigenvalue weighted by atomic mass is 10.1. The molecule has 1 heterocycles. The first-order valence-electron chi connectivity index (χ1n) is 5.95. The first-order chi connectivity index (χ1) is 9.58. The Morgan fingerprint density at radius 3 is 2.60 bits per heavy atom. The van der Waals surface area contributed by atoms with E-state index in [0.717, 1.165) is 20.9 Å². The number of aryl methyl sites for hydroxylation is 1. The van der Waals surface area contributed by atoms with E-state index in [9.17, 15) is 4.39 Å². The standard InChI is InChI=1S/C15H9BrClFN2/c1-8-6-7-10(16)12-13(8)19-15(20-14(12)17)9-4-2-3-5-11(9)18/h2-7H,1H3. The fourth-order valence-electron chi connectivity index (χ4n) is 2.05. The molecule has 0 bridgehead atoms. The van der Waals surface area contributed by atoms with Gasteiger partial charge in [0.05, 0.1) is 16.5 Å². The summed E-state index contributed by atoms with van der Waals surface area (Å²) in [4.78, 5) is 8.68. The average molecular weight is 352 g/mol. The highest BCUT2D eigenvalue weighted by Gasteiger charge is 2.14. The number of aromatic nitrogens is 2. The van der Waals surface area contributed by atoms with Crippen molar-refractivity contribution < 1.29 is 4.39 Å². The third-order valence-corrected chi connectivity index (χ3v) is 4.01. The molecule has 0 N–H and O–H groups in total. The van der Waals surface area contributed by atoms with E-state index in [4.69, 9.17) is 11.6 Å². The van der Waals surface area contributed by atoms with Crippen LogP contribution in [-0.2, 0) is 0 Å². The van der Waals surface area contributed by atoms with E-state index in [0.29, 0.717) is 16.5 Å². The van der Waals surface area contributed by atoms with E-state index >= 15 is 0 Å². The number of halogens is 3. The Balaban J connectivity index is 2.36. The molecule has 20 heavy (non-hydrogen) atoms. The van der Waals surface area contributed by atoms with Crippen molar-refractivity contribution in [3.05, 3.63) is 57.4 Å². The van der Waals surface area contributed by atoms with Crippen LogP contribution in [0, 0.1) is 12.7 Å². The van der Waals surface area contributed by atoms with Gasteiger partial charge in [-0.2, -0.15) is 0 Å². The van der Waals surface area contributed by atoms with Gasteiger partial charge in [0, 0.05) is 4.47 Å². The van der Waals surface area contributed by atoms with Crippen molar-refractivity contribution in [3.63, 3.8) is 0 Å². The number of benzene rings is 2. The molecule has 0 atom stereocenters. The van der Waals surface area contributed by atoms with Crippen LogP contribution in [0.5, 0.6) is 0 Å². The molecular weight excluding hydrogens is 343 g/mol. The number of fused-ring (bicyclic) bond motifs is 1. The fraction of sp³-hybridized carbons (Fsp3) is 0.0667. The van der Waals surface area contributed by atoms with E-state index in [1.807, 2.05) is 19.1 Å². The molecule has 0 saturated carbocycles. The van der Waals surface area contributed by atoms with Gasteiger partial charge < -0.3 is 0 Å². The maximum atomic E-state index is 13.9. The molecule has 0 unspecified atom stereocenters. The van der Waals surface area contributed by atoms with Gasteiger partial charge >= 0.3 is 0 Å². The summed E-state index contributed by atoms with van der Waals surface area (Å²) in [5.74, 6) is -0.0719. The normalized spacial score (nSPS) is 11.0. The zero-order valence-corrected chi connectivity index (χ0v) is 12.8. The Bertz CT molecular complexity index is 820. The second-order valence-corrected chi connectivity index (χ2v) is 5.62. The van der Waals surface area contributed by atoms with E-state index in [-0.39, 0.29) is 5.82 Å². The minimum atomic E-state index is -0.365. The van der Waals surface area contributed by atoms with Crippen LogP contribution in [0.3, 0.4) is 0 Å². The summed E-state index contributed by atoms with van der Waals surface area (Å²) >= 11 is 9.68. The van der Waals surface area contributed by atoms with Crippen molar-refractivity contribution in [3.8, 4) is 11.4 Å². The highest BCUT2D eigenvalue weighted by molar-refractivity contribution is 9.10. The molecule has 3 aromatic rings. The molecule has 3 rings (SSSR count). The SMILES string of the molecule is Cc1ccc(Br)c2c(Cl)nc(-c3ccccc3F)nc12. The molecule has 0 aliphatic heterocycles. The minimum absolute atomic E-state index is 0.293. The van der Waals surface area contributed by atoms with Crippen LogP contribution in [0.25, 0.3) is 22.3 Å². The van der Waals surface area contributed by atoms with E-state index in [1.165, 1.54) is 6.07 Å². The molecule has 0 spiro atoms. The van der Waals surface area contributed by atoms with Gasteiger partial charge in [0.25, 0.3) is 0 Å². The summed E-state index contributed by atoms with van der Waals surface area (Å²) < 4.78 is 14.7. The third kappa shape index (κ3) is 2.19. The van der Waals surface area contributed by atoms with Crippen LogP contribution in [0.15, 0.2) is 40.9 Å². The smallest absolute Gasteiger partial charge is 0.164 e. The molecule has 2 nitrogen and oxygen atoms in total. The Kier molecular flexibility index (Phi) is 3.44. The van der Waals surface area contributed by atoms with Crippen LogP contribution in [0.2, 0.25) is 5.15 Å². The maximum absolute atomic E-state index is 13.9. The molecule has 0 radical (unpaired) electrons. The zero-order valence-electron chi connectivity index (χ0n) is 10.5. The van der Waals surface area contributed by atoms with Crippen molar-refractivity contribution >= 4 is 38.4 Å². The number of hydrogen-bond acceptors (Lipinski definition) is 2. The van der Waals surface area contributed by atoms with Crippen molar-refractivity contribution in [2.75, 3.05) is 0 Å². The molecule has 0 aliphatic carbocycles. The molecule has 0 fully saturated rings. The van der Waals surface area contributed by atoms with Crippen LogP contribution >= 0.6 is 27.5 Å². The first kappa shape index (κ1) is 13.5. The van der Waals surface area contributed by atoms with Crippen LogP contribution in [-0.4, -0.2) is 9.97 Å². The number of rotatable bonds is 1. The highest BCUT2D eigenvalue weighted by atomic mass is 79.9. The van der Waals surface area contributed by atoms with Crippen molar-refractivity contribution in [2.45, 2.75) is 6.92 Å². The molecule has 100 valence electrons. The maximum Gasteiger partial charge on any atom is 0.164 e. The minimum Gasteiger partial charge on any atom is -0.227 e. The summed E-state index contributed by atoms with van der Waals surface area (Å²) in [5, 5.41) is 1.05. The quantitative estimate of drug-likeness (QED) is 0.566. The Morgan fingerprint density at radius 2 is 1.85 bits per heavy atom. The molecule has 5 heteroatoms. The van der Waals surface area contributed by atoms with E-state index in [2.05, 4.69) is 25.9 Å². The Morgan fingerprint density at radius 1 is 1.10 bits per heavy atom. The zero-order chi connectivity index (χ0) is 14.3. The van der Waals surface area contributed by atoms with Crippen LogP contribution in [0.4, 0.5) is 4.39 Å². The molecule has 2 aromatic carbocycles. The van der Waals surface area contributed by atoms with Gasteiger partial charge in [-0.15, -0.1) is 0 Å². The molecule has 1 aromatic heterocycles. The van der Waals surface area contributed by atoms with Gasteiger partial charge in [-0.25, -0.2) is 14.4 Å². The summed E-state index contributed by atoms with van der Waals surface area (Å²) in [6.45, 7) is 1.93. The summed E-state index contributed by atoms with van der Waals surface area (Å²) in [6, 6.07) is 10.2.